The quantitative estimate of drug-likeness (QED) is 0.593. The van der Waals surface area contributed by atoms with Gasteiger partial charge in [-0.25, -0.2) is 13.2 Å². The standard InChI is InChI=1S/C18H17F3N2O2S/c1-10-3-4-11(2)14(7-10)26-9-16(25)22-8-15(24)23-13-6-5-12(19)17(20)18(13)21/h3-7H,8-9H2,1-2H3,(H,22,25)(H,23,24). The number of anilines is 1. The van der Waals surface area contributed by atoms with E-state index < -0.39 is 35.6 Å². The second-order valence-electron chi connectivity index (χ2n) is 5.61. The molecule has 2 rings (SSSR count). The van der Waals surface area contributed by atoms with Gasteiger partial charge in [-0.3, -0.25) is 9.59 Å². The van der Waals surface area contributed by atoms with Gasteiger partial charge in [-0.05, 0) is 37.6 Å². The second kappa shape index (κ2) is 8.75. The van der Waals surface area contributed by atoms with Gasteiger partial charge in [0.2, 0.25) is 11.8 Å². The van der Waals surface area contributed by atoms with Crippen molar-refractivity contribution < 1.29 is 22.8 Å². The number of halogens is 3. The van der Waals surface area contributed by atoms with Crippen LogP contribution in [0.5, 0.6) is 0 Å². The number of hydrogen-bond donors (Lipinski definition) is 2. The average Bonchev–Trinajstić information content (AvgIpc) is 2.61. The lowest BCUT2D eigenvalue weighted by atomic mass is 10.2. The zero-order chi connectivity index (χ0) is 19.3. The highest BCUT2D eigenvalue weighted by Crippen LogP contribution is 2.23. The maximum absolute atomic E-state index is 13.5. The zero-order valence-corrected chi connectivity index (χ0v) is 15.0. The van der Waals surface area contributed by atoms with Crippen LogP contribution in [0.25, 0.3) is 0 Å². The van der Waals surface area contributed by atoms with Gasteiger partial charge in [-0.1, -0.05) is 17.7 Å². The van der Waals surface area contributed by atoms with E-state index in [-0.39, 0.29) is 11.7 Å². The Morgan fingerprint density at radius 3 is 2.46 bits per heavy atom. The van der Waals surface area contributed by atoms with Gasteiger partial charge in [0.05, 0.1) is 18.0 Å². The lowest BCUT2D eigenvalue weighted by Crippen LogP contribution is -2.34. The first kappa shape index (κ1) is 19.8. The van der Waals surface area contributed by atoms with E-state index in [1.54, 1.807) is 0 Å². The Kier molecular flexibility index (Phi) is 6.68. The molecule has 2 aromatic rings. The second-order valence-corrected chi connectivity index (χ2v) is 6.62. The topological polar surface area (TPSA) is 58.2 Å². The Morgan fingerprint density at radius 2 is 1.73 bits per heavy atom. The molecule has 4 nitrogen and oxygen atoms in total. The summed E-state index contributed by atoms with van der Waals surface area (Å²) in [6.07, 6.45) is 0. The maximum Gasteiger partial charge on any atom is 0.243 e. The van der Waals surface area contributed by atoms with Crippen LogP contribution in [0.1, 0.15) is 11.1 Å². The SMILES string of the molecule is Cc1ccc(C)c(SCC(=O)NCC(=O)Nc2ccc(F)c(F)c2F)c1. The average molecular weight is 382 g/mol. The van der Waals surface area contributed by atoms with Crippen molar-refractivity contribution in [3.05, 3.63) is 58.9 Å². The highest BCUT2D eigenvalue weighted by molar-refractivity contribution is 8.00. The van der Waals surface area contributed by atoms with E-state index in [9.17, 15) is 22.8 Å². The Labute approximate surface area is 153 Å². The van der Waals surface area contributed by atoms with Crippen molar-refractivity contribution in [2.24, 2.45) is 0 Å². The molecule has 0 aliphatic heterocycles. The molecule has 26 heavy (non-hydrogen) atoms. The van der Waals surface area contributed by atoms with Gasteiger partial charge in [0.1, 0.15) is 0 Å². The number of thioether (sulfide) groups is 1. The summed E-state index contributed by atoms with van der Waals surface area (Å²) in [7, 11) is 0. The van der Waals surface area contributed by atoms with Crippen LogP contribution in [0.4, 0.5) is 18.9 Å². The number of benzene rings is 2. The first-order chi connectivity index (χ1) is 12.3. The number of aryl methyl sites for hydroxylation is 2. The van der Waals surface area contributed by atoms with E-state index in [1.807, 2.05) is 32.0 Å². The smallest absolute Gasteiger partial charge is 0.243 e. The molecule has 0 aliphatic rings. The fraction of sp³-hybridized carbons (Fsp3) is 0.222. The summed E-state index contributed by atoms with van der Waals surface area (Å²) < 4.78 is 39.4. The van der Waals surface area contributed by atoms with Crippen LogP contribution in [0.2, 0.25) is 0 Å². The number of carbonyl (C=O) groups excluding carboxylic acids is 2. The lowest BCUT2D eigenvalue weighted by molar-refractivity contribution is -0.122. The third-order valence-electron chi connectivity index (χ3n) is 3.46. The van der Waals surface area contributed by atoms with E-state index in [4.69, 9.17) is 0 Å². The van der Waals surface area contributed by atoms with E-state index >= 15 is 0 Å². The molecule has 2 N–H and O–H groups in total. The molecule has 0 unspecified atom stereocenters. The van der Waals surface area contributed by atoms with Gasteiger partial charge in [-0.15, -0.1) is 11.8 Å². The summed E-state index contributed by atoms with van der Waals surface area (Å²) in [6, 6.07) is 7.50. The van der Waals surface area contributed by atoms with Crippen molar-refractivity contribution >= 4 is 29.3 Å². The molecule has 138 valence electrons. The normalized spacial score (nSPS) is 10.5. The van der Waals surface area contributed by atoms with Crippen LogP contribution in [0.3, 0.4) is 0 Å². The molecule has 0 spiro atoms. The van der Waals surface area contributed by atoms with Crippen LogP contribution < -0.4 is 10.6 Å². The molecule has 0 fully saturated rings. The van der Waals surface area contributed by atoms with Crippen LogP contribution in [-0.4, -0.2) is 24.1 Å². The third kappa shape index (κ3) is 5.26. The van der Waals surface area contributed by atoms with Crippen LogP contribution >= 0.6 is 11.8 Å². The first-order valence-electron chi connectivity index (χ1n) is 7.68. The van der Waals surface area contributed by atoms with Crippen LogP contribution in [0, 0.1) is 31.3 Å². The van der Waals surface area contributed by atoms with Gasteiger partial charge in [0.25, 0.3) is 0 Å². The van der Waals surface area contributed by atoms with Gasteiger partial charge in [0, 0.05) is 4.90 Å². The lowest BCUT2D eigenvalue weighted by Gasteiger charge is -2.09. The largest absolute Gasteiger partial charge is 0.346 e. The highest BCUT2D eigenvalue weighted by atomic mass is 32.2. The Balaban J connectivity index is 1.83. The van der Waals surface area contributed by atoms with Crippen molar-refractivity contribution in [1.82, 2.24) is 5.32 Å². The molecular formula is C18H17F3N2O2S. The molecule has 0 heterocycles. The first-order valence-corrected chi connectivity index (χ1v) is 8.66. The predicted molar refractivity (Wildman–Crippen MR) is 94.6 cm³/mol. The number of carbonyl (C=O) groups is 2. The molecule has 0 bridgehead atoms. The Morgan fingerprint density at radius 1 is 1.00 bits per heavy atom. The molecule has 8 heteroatoms. The minimum absolute atomic E-state index is 0.108. The monoisotopic (exact) mass is 382 g/mol. The van der Waals surface area contributed by atoms with Crippen LogP contribution in [0.15, 0.2) is 35.2 Å². The fourth-order valence-corrected chi connectivity index (χ4v) is 3.01. The van der Waals surface area contributed by atoms with Crippen molar-refractivity contribution in [2.45, 2.75) is 18.7 Å². The molecular weight excluding hydrogens is 365 g/mol. The Hall–Kier alpha value is -2.48. The van der Waals surface area contributed by atoms with E-state index in [0.29, 0.717) is 6.07 Å². The van der Waals surface area contributed by atoms with E-state index in [2.05, 4.69) is 10.6 Å². The predicted octanol–water partition coefficient (Wildman–Crippen LogP) is 3.57. The minimum atomic E-state index is -1.67. The van der Waals surface area contributed by atoms with Gasteiger partial charge in [0.15, 0.2) is 17.5 Å². The molecule has 2 aromatic carbocycles. The number of rotatable bonds is 6. The zero-order valence-electron chi connectivity index (χ0n) is 14.2. The maximum atomic E-state index is 13.5. The number of hydrogen-bond acceptors (Lipinski definition) is 3. The summed E-state index contributed by atoms with van der Waals surface area (Å²) in [5, 5.41) is 4.47. The van der Waals surface area contributed by atoms with E-state index in [0.717, 1.165) is 22.1 Å². The molecule has 0 saturated heterocycles. The van der Waals surface area contributed by atoms with E-state index in [1.165, 1.54) is 11.8 Å². The number of amides is 2. The fourth-order valence-electron chi connectivity index (χ4n) is 2.05. The van der Waals surface area contributed by atoms with Crippen molar-refractivity contribution in [1.29, 1.82) is 0 Å². The van der Waals surface area contributed by atoms with Gasteiger partial charge >= 0.3 is 0 Å². The summed E-state index contributed by atoms with van der Waals surface area (Å²) in [6.45, 7) is 3.47. The van der Waals surface area contributed by atoms with Crippen molar-refractivity contribution in [2.75, 3.05) is 17.6 Å². The van der Waals surface area contributed by atoms with Gasteiger partial charge < -0.3 is 10.6 Å². The summed E-state index contributed by atoms with van der Waals surface area (Å²) >= 11 is 1.34. The molecule has 0 atom stereocenters. The molecule has 0 radical (unpaired) electrons. The summed E-state index contributed by atoms with van der Waals surface area (Å²) in [5.41, 5.74) is 1.62. The molecule has 0 aliphatic carbocycles. The highest BCUT2D eigenvalue weighted by Gasteiger charge is 2.15. The molecule has 0 saturated carbocycles. The summed E-state index contributed by atoms with van der Waals surface area (Å²) in [4.78, 5) is 24.5. The van der Waals surface area contributed by atoms with Crippen LogP contribution in [-0.2, 0) is 9.59 Å². The van der Waals surface area contributed by atoms with Gasteiger partial charge in [-0.2, -0.15) is 0 Å². The third-order valence-corrected chi connectivity index (χ3v) is 4.62. The minimum Gasteiger partial charge on any atom is -0.346 e. The summed E-state index contributed by atoms with van der Waals surface area (Å²) in [5.74, 6) is -5.53. The van der Waals surface area contributed by atoms with Crippen molar-refractivity contribution in [3.8, 4) is 0 Å². The molecule has 2 amide bonds. The van der Waals surface area contributed by atoms with Crippen molar-refractivity contribution in [3.63, 3.8) is 0 Å². The molecule has 0 aromatic heterocycles. The number of nitrogens with one attached hydrogen (secondary N) is 2. The Bertz CT molecular complexity index is 843.